The smallest absolute Gasteiger partial charge is 0.218 e. The Morgan fingerprint density at radius 1 is 0.882 bits per heavy atom. The molecule has 2 heterocycles. The van der Waals surface area contributed by atoms with E-state index in [1.54, 1.807) is 4.31 Å². The number of fused-ring (bicyclic) bond motifs is 1. The molecular formula is C28H29ClN2O2S. The summed E-state index contributed by atoms with van der Waals surface area (Å²) in [6.07, 6.45) is 1.67. The van der Waals surface area contributed by atoms with E-state index in [2.05, 4.69) is 41.8 Å². The predicted molar refractivity (Wildman–Crippen MR) is 140 cm³/mol. The SMILES string of the molecule is Cc1c(C2CCN(S(=O)(=O)Cc3ccccc3)CC2)c2ccccc2n1Cc1cccc(Cl)c1. The van der Waals surface area contributed by atoms with Gasteiger partial charge in [-0.25, -0.2) is 12.7 Å². The van der Waals surface area contributed by atoms with Crippen molar-refractivity contribution < 1.29 is 8.42 Å². The molecule has 0 N–H and O–H groups in total. The van der Waals surface area contributed by atoms with Crippen LogP contribution < -0.4 is 0 Å². The summed E-state index contributed by atoms with van der Waals surface area (Å²) in [4.78, 5) is 0. The Hall–Kier alpha value is -2.60. The number of sulfonamides is 1. The van der Waals surface area contributed by atoms with Crippen LogP contribution in [0.5, 0.6) is 0 Å². The topological polar surface area (TPSA) is 42.3 Å². The maximum absolute atomic E-state index is 13.0. The molecule has 1 aliphatic heterocycles. The summed E-state index contributed by atoms with van der Waals surface area (Å²) in [5.41, 5.74) is 5.84. The minimum absolute atomic E-state index is 0.0659. The third-order valence-electron chi connectivity index (χ3n) is 6.96. The molecule has 1 saturated heterocycles. The number of nitrogens with zero attached hydrogens (tertiary/aromatic N) is 2. The zero-order valence-corrected chi connectivity index (χ0v) is 20.9. The molecule has 1 aromatic heterocycles. The van der Waals surface area contributed by atoms with Gasteiger partial charge in [-0.05, 0) is 60.6 Å². The molecule has 4 nitrogen and oxygen atoms in total. The molecule has 1 fully saturated rings. The normalized spacial score (nSPS) is 15.7. The highest BCUT2D eigenvalue weighted by Gasteiger charge is 2.31. The molecule has 0 atom stereocenters. The van der Waals surface area contributed by atoms with Gasteiger partial charge >= 0.3 is 0 Å². The highest BCUT2D eigenvalue weighted by atomic mass is 35.5. The molecule has 0 spiro atoms. The van der Waals surface area contributed by atoms with Gasteiger partial charge in [-0.1, -0.05) is 72.3 Å². The van der Waals surface area contributed by atoms with Crippen LogP contribution in [0, 0.1) is 6.92 Å². The molecule has 0 aliphatic carbocycles. The van der Waals surface area contributed by atoms with Gasteiger partial charge in [0.25, 0.3) is 0 Å². The largest absolute Gasteiger partial charge is 0.340 e. The highest BCUT2D eigenvalue weighted by Crippen LogP contribution is 2.38. The Morgan fingerprint density at radius 2 is 1.56 bits per heavy atom. The van der Waals surface area contributed by atoms with E-state index < -0.39 is 10.0 Å². The fraction of sp³-hybridized carbons (Fsp3) is 0.286. The van der Waals surface area contributed by atoms with Crippen molar-refractivity contribution >= 4 is 32.5 Å². The molecule has 1 aliphatic rings. The monoisotopic (exact) mass is 492 g/mol. The van der Waals surface area contributed by atoms with Gasteiger partial charge in [0.1, 0.15) is 0 Å². The van der Waals surface area contributed by atoms with Gasteiger partial charge < -0.3 is 4.57 Å². The van der Waals surface area contributed by atoms with E-state index in [9.17, 15) is 8.42 Å². The van der Waals surface area contributed by atoms with E-state index in [0.29, 0.717) is 19.0 Å². The van der Waals surface area contributed by atoms with Gasteiger partial charge in [0, 0.05) is 41.3 Å². The van der Waals surface area contributed by atoms with Gasteiger partial charge in [0.15, 0.2) is 0 Å². The van der Waals surface area contributed by atoms with Gasteiger partial charge in [-0.15, -0.1) is 0 Å². The lowest BCUT2D eigenvalue weighted by Gasteiger charge is -2.31. The average Bonchev–Trinajstić information content (AvgIpc) is 3.11. The fourth-order valence-corrected chi connectivity index (χ4v) is 7.07. The third-order valence-corrected chi connectivity index (χ3v) is 9.04. The van der Waals surface area contributed by atoms with Gasteiger partial charge in [0.05, 0.1) is 5.75 Å². The molecule has 176 valence electrons. The Kier molecular flexibility index (Phi) is 6.52. The first-order valence-corrected chi connectivity index (χ1v) is 13.7. The summed E-state index contributed by atoms with van der Waals surface area (Å²) in [7, 11) is -3.32. The molecule has 5 rings (SSSR count). The summed E-state index contributed by atoms with van der Waals surface area (Å²) in [5.74, 6) is 0.407. The van der Waals surface area contributed by atoms with Crippen LogP contribution in [0.1, 0.15) is 41.1 Å². The van der Waals surface area contributed by atoms with E-state index in [1.165, 1.54) is 27.7 Å². The van der Waals surface area contributed by atoms with Crippen molar-refractivity contribution in [2.45, 2.75) is 38.0 Å². The van der Waals surface area contributed by atoms with E-state index in [0.717, 1.165) is 30.0 Å². The van der Waals surface area contributed by atoms with Crippen LogP contribution in [0.2, 0.25) is 5.02 Å². The number of aromatic nitrogens is 1. The molecule has 6 heteroatoms. The lowest BCUT2D eigenvalue weighted by atomic mass is 9.88. The Balaban J connectivity index is 1.39. The number of piperidine rings is 1. The lowest BCUT2D eigenvalue weighted by molar-refractivity contribution is 0.319. The second-order valence-electron chi connectivity index (χ2n) is 9.15. The van der Waals surface area contributed by atoms with Crippen LogP contribution in [-0.2, 0) is 22.3 Å². The molecule has 0 bridgehead atoms. The highest BCUT2D eigenvalue weighted by molar-refractivity contribution is 7.88. The van der Waals surface area contributed by atoms with Gasteiger partial charge in [0.2, 0.25) is 10.0 Å². The number of hydrogen-bond acceptors (Lipinski definition) is 2. The first-order valence-electron chi connectivity index (χ1n) is 11.8. The third kappa shape index (κ3) is 4.65. The van der Waals surface area contributed by atoms with E-state index in [-0.39, 0.29) is 5.75 Å². The van der Waals surface area contributed by atoms with Crippen LogP contribution in [0.15, 0.2) is 78.9 Å². The minimum atomic E-state index is -3.32. The summed E-state index contributed by atoms with van der Waals surface area (Å²) in [5, 5.41) is 2.02. The number of para-hydroxylation sites is 1. The van der Waals surface area contributed by atoms with Crippen LogP contribution in [0.3, 0.4) is 0 Å². The Labute approximate surface area is 206 Å². The van der Waals surface area contributed by atoms with E-state index in [4.69, 9.17) is 11.6 Å². The molecular weight excluding hydrogens is 464 g/mol. The molecule has 3 aromatic carbocycles. The van der Waals surface area contributed by atoms with Crippen LogP contribution in [0.25, 0.3) is 10.9 Å². The van der Waals surface area contributed by atoms with Gasteiger partial charge in [-0.3, -0.25) is 0 Å². The molecule has 34 heavy (non-hydrogen) atoms. The summed E-state index contributed by atoms with van der Waals surface area (Å²) >= 11 is 6.23. The van der Waals surface area contributed by atoms with E-state index >= 15 is 0 Å². The lowest BCUT2D eigenvalue weighted by Crippen LogP contribution is -2.38. The van der Waals surface area contributed by atoms with Crippen molar-refractivity contribution in [2.24, 2.45) is 0 Å². The van der Waals surface area contributed by atoms with Crippen LogP contribution in [-0.4, -0.2) is 30.4 Å². The first kappa shape index (κ1) is 23.2. The zero-order valence-electron chi connectivity index (χ0n) is 19.3. The Morgan fingerprint density at radius 3 is 2.29 bits per heavy atom. The van der Waals surface area contributed by atoms with Gasteiger partial charge in [-0.2, -0.15) is 0 Å². The quantitative estimate of drug-likeness (QED) is 0.314. The van der Waals surface area contributed by atoms with Crippen molar-refractivity contribution in [3.05, 3.63) is 106 Å². The molecule has 0 unspecified atom stereocenters. The predicted octanol–water partition coefficient (Wildman–Crippen LogP) is 6.36. The number of halogens is 1. The maximum atomic E-state index is 13.0. The molecule has 0 saturated carbocycles. The van der Waals surface area contributed by atoms with Crippen molar-refractivity contribution in [3.8, 4) is 0 Å². The van der Waals surface area contributed by atoms with Crippen molar-refractivity contribution in [1.82, 2.24) is 8.87 Å². The maximum Gasteiger partial charge on any atom is 0.218 e. The molecule has 0 radical (unpaired) electrons. The fourth-order valence-electron chi connectivity index (χ4n) is 5.29. The van der Waals surface area contributed by atoms with Crippen molar-refractivity contribution in [1.29, 1.82) is 0 Å². The summed E-state index contributed by atoms with van der Waals surface area (Å²) in [6.45, 7) is 4.08. The summed E-state index contributed by atoms with van der Waals surface area (Å²) in [6, 6.07) is 26.0. The molecule has 0 amide bonds. The zero-order chi connectivity index (χ0) is 23.7. The second-order valence-corrected chi connectivity index (χ2v) is 11.6. The first-order chi connectivity index (χ1) is 16.4. The minimum Gasteiger partial charge on any atom is -0.340 e. The Bertz CT molecular complexity index is 1410. The van der Waals surface area contributed by atoms with Crippen molar-refractivity contribution in [3.63, 3.8) is 0 Å². The van der Waals surface area contributed by atoms with Crippen LogP contribution >= 0.6 is 11.6 Å². The second kappa shape index (κ2) is 9.57. The molecule has 4 aromatic rings. The van der Waals surface area contributed by atoms with Crippen molar-refractivity contribution in [2.75, 3.05) is 13.1 Å². The van der Waals surface area contributed by atoms with E-state index in [1.807, 2.05) is 48.5 Å². The van der Waals surface area contributed by atoms with Crippen LogP contribution in [0.4, 0.5) is 0 Å². The summed E-state index contributed by atoms with van der Waals surface area (Å²) < 4.78 is 30.1. The standard InChI is InChI=1S/C28H29ClN2O2S/c1-21-28(24-14-16-30(17-15-24)34(32,33)20-22-8-3-2-4-9-22)26-12-5-6-13-27(26)31(21)19-23-10-7-11-25(29)18-23/h2-13,18,24H,14-17,19-20H2,1H3. The number of hydrogen-bond donors (Lipinski definition) is 0. The average molecular weight is 493 g/mol. The number of rotatable bonds is 6. The number of benzene rings is 3.